The molecule has 0 spiro atoms. The molecule has 1 heterocycles. The molecular formula is C15H15NO. The van der Waals surface area contributed by atoms with E-state index in [0.717, 1.165) is 18.5 Å². The van der Waals surface area contributed by atoms with E-state index in [1.807, 2.05) is 30.5 Å². The molecule has 2 nitrogen and oxygen atoms in total. The Labute approximate surface area is 101 Å². The third-order valence-electron chi connectivity index (χ3n) is 3.48. The van der Waals surface area contributed by atoms with E-state index in [1.54, 1.807) is 0 Å². The van der Waals surface area contributed by atoms with Crippen LogP contribution in [-0.2, 0) is 6.42 Å². The molecule has 0 amide bonds. The average Bonchev–Trinajstić information content (AvgIpc) is 2.39. The zero-order chi connectivity index (χ0) is 11.7. The second-order valence-corrected chi connectivity index (χ2v) is 4.53. The van der Waals surface area contributed by atoms with Gasteiger partial charge in [0.1, 0.15) is 0 Å². The van der Waals surface area contributed by atoms with Crippen molar-refractivity contribution >= 4 is 0 Å². The maximum Gasteiger partial charge on any atom is 0.0653 e. The van der Waals surface area contributed by atoms with Crippen LogP contribution in [0, 0.1) is 0 Å². The van der Waals surface area contributed by atoms with Crippen LogP contribution in [0.2, 0.25) is 0 Å². The van der Waals surface area contributed by atoms with Gasteiger partial charge in [-0.3, -0.25) is 4.98 Å². The Bertz CT molecular complexity index is 509. The number of aliphatic hydroxyl groups is 1. The van der Waals surface area contributed by atoms with Crippen molar-refractivity contribution in [1.29, 1.82) is 0 Å². The van der Waals surface area contributed by atoms with Crippen molar-refractivity contribution in [2.75, 3.05) is 0 Å². The Morgan fingerprint density at radius 1 is 1.06 bits per heavy atom. The van der Waals surface area contributed by atoms with Gasteiger partial charge in [0.2, 0.25) is 0 Å². The Morgan fingerprint density at radius 3 is 2.71 bits per heavy atom. The number of rotatable bonds is 1. The van der Waals surface area contributed by atoms with E-state index in [-0.39, 0.29) is 12.0 Å². The molecule has 2 aromatic rings. The lowest BCUT2D eigenvalue weighted by atomic mass is 9.79. The van der Waals surface area contributed by atoms with Crippen molar-refractivity contribution in [3.05, 3.63) is 65.5 Å². The summed E-state index contributed by atoms with van der Waals surface area (Å²) < 4.78 is 0. The first kappa shape index (κ1) is 10.5. The fraction of sp³-hybridized carbons (Fsp3) is 0.267. The quantitative estimate of drug-likeness (QED) is 0.809. The number of pyridine rings is 1. The van der Waals surface area contributed by atoms with Crippen LogP contribution in [-0.4, -0.2) is 16.2 Å². The molecule has 17 heavy (non-hydrogen) atoms. The summed E-state index contributed by atoms with van der Waals surface area (Å²) in [4.78, 5) is 4.42. The van der Waals surface area contributed by atoms with Crippen molar-refractivity contribution < 1.29 is 5.11 Å². The molecule has 1 aliphatic carbocycles. The highest BCUT2D eigenvalue weighted by molar-refractivity contribution is 5.38. The molecule has 0 saturated carbocycles. The summed E-state index contributed by atoms with van der Waals surface area (Å²) >= 11 is 0. The second-order valence-electron chi connectivity index (χ2n) is 4.53. The summed E-state index contributed by atoms with van der Waals surface area (Å²) in [5.41, 5.74) is 3.48. The van der Waals surface area contributed by atoms with Crippen LogP contribution in [0.25, 0.3) is 0 Å². The number of aliphatic hydroxyl groups excluding tert-OH is 1. The molecule has 2 heteroatoms. The van der Waals surface area contributed by atoms with E-state index < -0.39 is 0 Å². The van der Waals surface area contributed by atoms with Gasteiger partial charge in [0, 0.05) is 17.8 Å². The van der Waals surface area contributed by atoms with E-state index in [4.69, 9.17) is 0 Å². The smallest absolute Gasteiger partial charge is 0.0653 e. The molecule has 86 valence electrons. The van der Waals surface area contributed by atoms with E-state index in [0.29, 0.717) is 0 Å². The van der Waals surface area contributed by atoms with Crippen LogP contribution < -0.4 is 0 Å². The van der Waals surface area contributed by atoms with Crippen molar-refractivity contribution in [3.63, 3.8) is 0 Å². The number of benzene rings is 1. The van der Waals surface area contributed by atoms with Gasteiger partial charge in [-0.25, -0.2) is 0 Å². The summed E-state index contributed by atoms with van der Waals surface area (Å²) in [6, 6.07) is 14.2. The maximum atomic E-state index is 10.2. The topological polar surface area (TPSA) is 33.1 Å². The third-order valence-corrected chi connectivity index (χ3v) is 3.48. The highest BCUT2D eigenvalue weighted by atomic mass is 16.3. The predicted molar refractivity (Wildman–Crippen MR) is 66.8 cm³/mol. The van der Waals surface area contributed by atoms with Crippen molar-refractivity contribution in [2.24, 2.45) is 0 Å². The molecule has 1 N–H and O–H groups in total. The molecule has 2 atom stereocenters. The van der Waals surface area contributed by atoms with Gasteiger partial charge in [-0.1, -0.05) is 36.4 Å². The molecule has 1 aromatic heterocycles. The monoisotopic (exact) mass is 225 g/mol. The van der Waals surface area contributed by atoms with Gasteiger partial charge in [-0.05, 0) is 30.0 Å². The summed E-state index contributed by atoms with van der Waals surface area (Å²) in [5.74, 6) is 0.0775. The number of aryl methyl sites for hydroxylation is 1. The molecule has 0 saturated heterocycles. The fourth-order valence-electron chi connectivity index (χ4n) is 2.66. The zero-order valence-electron chi connectivity index (χ0n) is 9.58. The van der Waals surface area contributed by atoms with Crippen LogP contribution in [0.3, 0.4) is 0 Å². The van der Waals surface area contributed by atoms with E-state index >= 15 is 0 Å². The number of hydrogen-bond donors (Lipinski definition) is 1. The largest absolute Gasteiger partial charge is 0.392 e. The van der Waals surface area contributed by atoms with Crippen molar-refractivity contribution in [3.8, 4) is 0 Å². The number of nitrogens with zero attached hydrogens (tertiary/aromatic N) is 1. The predicted octanol–water partition coefficient (Wildman–Crippen LogP) is 2.52. The molecule has 2 unspecified atom stereocenters. The Morgan fingerprint density at radius 2 is 1.88 bits per heavy atom. The van der Waals surface area contributed by atoms with Crippen molar-refractivity contribution in [1.82, 2.24) is 4.98 Å². The van der Waals surface area contributed by atoms with Gasteiger partial charge in [-0.15, -0.1) is 0 Å². The first-order chi connectivity index (χ1) is 8.36. The average molecular weight is 225 g/mol. The summed E-state index contributed by atoms with van der Waals surface area (Å²) in [6.45, 7) is 0. The maximum absolute atomic E-state index is 10.2. The third kappa shape index (κ3) is 1.85. The standard InChI is InChI=1S/C15H15NO/c17-14-9-8-13-12(7-4-10-16-13)15(14)11-5-2-1-3-6-11/h1-7,10,14-15,17H,8-9H2. The second kappa shape index (κ2) is 4.30. The molecule has 1 aliphatic rings. The molecule has 0 fully saturated rings. The lowest BCUT2D eigenvalue weighted by Gasteiger charge is -2.29. The zero-order valence-corrected chi connectivity index (χ0v) is 9.58. The first-order valence-electron chi connectivity index (χ1n) is 6.03. The Hall–Kier alpha value is -1.67. The van der Waals surface area contributed by atoms with Crippen molar-refractivity contribution in [2.45, 2.75) is 24.9 Å². The van der Waals surface area contributed by atoms with E-state index in [9.17, 15) is 5.11 Å². The van der Waals surface area contributed by atoms with Gasteiger partial charge in [0.25, 0.3) is 0 Å². The van der Waals surface area contributed by atoms with Gasteiger partial charge in [0.15, 0.2) is 0 Å². The van der Waals surface area contributed by atoms with Crippen LogP contribution in [0.4, 0.5) is 0 Å². The lowest BCUT2D eigenvalue weighted by Crippen LogP contribution is -2.26. The van der Waals surface area contributed by atoms with Gasteiger partial charge in [0.05, 0.1) is 6.10 Å². The van der Waals surface area contributed by atoms with Gasteiger partial charge in [-0.2, -0.15) is 0 Å². The van der Waals surface area contributed by atoms with Crippen LogP contribution in [0.15, 0.2) is 48.7 Å². The Kier molecular flexibility index (Phi) is 2.65. The summed E-state index contributed by atoms with van der Waals surface area (Å²) in [6.07, 6.45) is 3.21. The SMILES string of the molecule is OC1CCc2ncccc2C1c1ccccc1. The summed E-state index contributed by atoms with van der Waals surface area (Å²) in [5, 5.41) is 10.2. The Balaban J connectivity index is 2.10. The van der Waals surface area contributed by atoms with E-state index in [1.165, 1.54) is 11.1 Å². The van der Waals surface area contributed by atoms with Gasteiger partial charge >= 0.3 is 0 Å². The number of hydrogen-bond acceptors (Lipinski definition) is 2. The number of aromatic nitrogens is 1. The summed E-state index contributed by atoms with van der Waals surface area (Å²) in [7, 11) is 0. The van der Waals surface area contributed by atoms with E-state index in [2.05, 4.69) is 23.2 Å². The van der Waals surface area contributed by atoms with Crippen LogP contribution in [0.5, 0.6) is 0 Å². The minimum atomic E-state index is -0.297. The van der Waals surface area contributed by atoms with Crippen LogP contribution >= 0.6 is 0 Å². The highest BCUT2D eigenvalue weighted by Gasteiger charge is 2.29. The van der Waals surface area contributed by atoms with Gasteiger partial charge < -0.3 is 5.11 Å². The number of fused-ring (bicyclic) bond motifs is 1. The molecule has 3 rings (SSSR count). The molecule has 1 aromatic carbocycles. The normalized spacial score (nSPS) is 23.1. The molecule has 0 aliphatic heterocycles. The molecule has 0 bridgehead atoms. The minimum absolute atomic E-state index is 0.0775. The minimum Gasteiger partial charge on any atom is -0.392 e. The fourth-order valence-corrected chi connectivity index (χ4v) is 2.66. The molecular weight excluding hydrogens is 210 g/mol. The van der Waals surface area contributed by atoms with Crippen LogP contribution in [0.1, 0.15) is 29.2 Å². The lowest BCUT2D eigenvalue weighted by molar-refractivity contribution is 0.139. The highest BCUT2D eigenvalue weighted by Crippen LogP contribution is 2.35. The first-order valence-corrected chi connectivity index (χ1v) is 6.03. The molecule has 0 radical (unpaired) electrons.